The molecule has 66 valence electrons. The molecule has 0 unspecified atom stereocenters. The molecule has 0 saturated heterocycles. The highest BCUT2D eigenvalue weighted by atomic mass is 16.5. The second kappa shape index (κ2) is 3.02. The molecule has 0 bridgehead atoms. The SMILES string of the molecule is COCC1=C[C@@H]2CCC[C@@H]2C1=O. The molecule has 2 heteroatoms. The number of ether oxygens (including phenoxy) is 1. The quantitative estimate of drug-likeness (QED) is 0.622. The van der Waals surface area contributed by atoms with Gasteiger partial charge in [-0.3, -0.25) is 4.79 Å². The summed E-state index contributed by atoms with van der Waals surface area (Å²) in [5, 5.41) is 0. The molecule has 0 spiro atoms. The van der Waals surface area contributed by atoms with E-state index >= 15 is 0 Å². The number of rotatable bonds is 2. The average molecular weight is 166 g/mol. The van der Waals surface area contributed by atoms with Crippen molar-refractivity contribution < 1.29 is 9.53 Å². The van der Waals surface area contributed by atoms with E-state index in [0.717, 1.165) is 12.0 Å². The van der Waals surface area contributed by atoms with Crippen LogP contribution < -0.4 is 0 Å². The van der Waals surface area contributed by atoms with Crippen LogP contribution in [0.5, 0.6) is 0 Å². The van der Waals surface area contributed by atoms with Gasteiger partial charge in [-0.1, -0.05) is 12.5 Å². The molecule has 2 aliphatic carbocycles. The Bertz CT molecular complexity index is 230. The van der Waals surface area contributed by atoms with E-state index in [2.05, 4.69) is 6.08 Å². The summed E-state index contributed by atoms with van der Waals surface area (Å²) >= 11 is 0. The van der Waals surface area contributed by atoms with Crippen LogP contribution in [0.25, 0.3) is 0 Å². The Morgan fingerprint density at radius 2 is 2.42 bits per heavy atom. The Balaban J connectivity index is 2.12. The molecule has 0 aromatic rings. The molecular formula is C10H14O2. The average Bonchev–Trinajstić information content (AvgIpc) is 2.58. The van der Waals surface area contributed by atoms with E-state index in [-0.39, 0.29) is 0 Å². The van der Waals surface area contributed by atoms with Crippen LogP contribution in [-0.2, 0) is 9.53 Å². The molecule has 0 aromatic carbocycles. The first-order valence-corrected chi connectivity index (χ1v) is 4.57. The third-order valence-corrected chi connectivity index (χ3v) is 2.94. The fourth-order valence-corrected chi connectivity index (χ4v) is 2.37. The summed E-state index contributed by atoms with van der Waals surface area (Å²) in [7, 11) is 1.64. The fraction of sp³-hybridized carbons (Fsp3) is 0.700. The predicted molar refractivity (Wildman–Crippen MR) is 45.8 cm³/mol. The van der Waals surface area contributed by atoms with Crippen molar-refractivity contribution in [2.24, 2.45) is 11.8 Å². The highest BCUT2D eigenvalue weighted by molar-refractivity contribution is 6.00. The van der Waals surface area contributed by atoms with Gasteiger partial charge in [-0.25, -0.2) is 0 Å². The molecule has 0 radical (unpaired) electrons. The van der Waals surface area contributed by atoms with Crippen LogP contribution in [0.1, 0.15) is 19.3 Å². The topological polar surface area (TPSA) is 26.3 Å². The predicted octanol–water partition coefficient (Wildman–Crippen LogP) is 1.56. The van der Waals surface area contributed by atoms with E-state index in [0.29, 0.717) is 24.2 Å². The lowest BCUT2D eigenvalue weighted by Gasteiger charge is -2.05. The summed E-state index contributed by atoms with van der Waals surface area (Å²) in [5.74, 6) is 1.21. The van der Waals surface area contributed by atoms with Gasteiger partial charge in [0.25, 0.3) is 0 Å². The molecule has 2 nitrogen and oxygen atoms in total. The molecular weight excluding hydrogens is 152 g/mol. The third-order valence-electron chi connectivity index (χ3n) is 2.94. The van der Waals surface area contributed by atoms with Crippen LogP contribution in [0, 0.1) is 11.8 Å². The largest absolute Gasteiger partial charge is 0.380 e. The van der Waals surface area contributed by atoms with Gasteiger partial charge < -0.3 is 4.74 Å². The van der Waals surface area contributed by atoms with Gasteiger partial charge >= 0.3 is 0 Å². The Kier molecular flexibility index (Phi) is 2.01. The Hall–Kier alpha value is -0.630. The summed E-state index contributed by atoms with van der Waals surface area (Å²) in [6.45, 7) is 0.506. The van der Waals surface area contributed by atoms with Crippen LogP contribution in [0.15, 0.2) is 11.6 Å². The summed E-state index contributed by atoms with van der Waals surface area (Å²) in [6, 6.07) is 0. The monoisotopic (exact) mass is 166 g/mol. The normalized spacial score (nSPS) is 33.8. The molecule has 1 saturated carbocycles. The van der Waals surface area contributed by atoms with Gasteiger partial charge in [0, 0.05) is 18.6 Å². The van der Waals surface area contributed by atoms with Crippen LogP contribution in [0.2, 0.25) is 0 Å². The van der Waals surface area contributed by atoms with Crippen molar-refractivity contribution in [1.82, 2.24) is 0 Å². The number of Topliss-reactive ketones (excluding diaryl/α,β-unsaturated/α-hetero) is 1. The van der Waals surface area contributed by atoms with Gasteiger partial charge in [0.15, 0.2) is 5.78 Å². The molecule has 0 N–H and O–H groups in total. The number of ketones is 1. The lowest BCUT2D eigenvalue weighted by molar-refractivity contribution is -0.119. The van der Waals surface area contributed by atoms with Crippen molar-refractivity contribution in [3.8, 4) is 0 Å². The van der Waals surface area contributed by atoms with Crippen molar-refractivity contribution in [2.45, 2.75) is 19.3 Å². The standard InChI is InChI=1S/C10H14O2/c1-12-6-8-5-7-3-2-4-9(7)10(8)11/h5,7,9H,2-4,6H2,1H3/t7-,9-/m0/s1. The maximum atomic E-state index is 11.6. The number of hydrogen-bond acceptors (Lipinski definition) is 2. The van der Waals surface area contributed by atoms with Gasteiger partial charge in [0.1, 0.15) is 0 Å². The Morgan fingerprint density at radius 1 is 1.58 bits per heavy atom. The molecule has 2 atom stereocenters. The second-order valence-corrected chi connectivity index (χ2v) is 3.69. The molecule has 0 amide bonds. The minimum absolute atomic E-state index is 0.315. The minimum Gasteiger partial charge on any atom is -0.380 e. The molecule has 1 fully saturated rings. The highest BCUT2D eigenvalue weighted by Crippen LogP contribution is 2.40. The van der Waals surface area contributed by atoms with Gasteiger partial charge in [0.05, 0.1) is 6.61 Å². The third kappa shape index (κ3) is 1.11. The molecule has 0 aliphatic heterocycles. The summed E-state index contributed by atoms with van der Waals surface area (Å²) < 4.78 is 4.97. The van der Waals surface area contributed by atoms with Gasteiger partial charge in [-0.2, -0.15) is 0 Å². The summed E-state index contributed by atoms with van der Waals surface area (Å²) in [4.78, 5) is 11.6. The maximum Gasteiger partial charge on any atom is 0.164 e. The highest BCUT2D eigenvalue weighted by Gasteiger charge is 2.38. The molecule has 2 aliphatic rings. The first-order valence-electron chi connectivity index (χ1n) is 4.57. The van der Waals surface area contributed by atoms with Gasteiger partial charge in [-0.15, -0.1) is 0 Å². The second-order valence-electron chi connectivity index (χ2n) is 3.69. The van der Waals surface area contributed by atoms with Crippen molar-refractivity contribution in [1.29, 1.82) is 0 Å². The zero-order chi connectivity index (χ0) is 8.55. The van der Waals surface area contributed by atoms with E-state index < -0.39 is 0 Å². The number of hydrogen-bond donors (Lipinski definition) is 0. The van der Waals surface area contributed by atoms with E-state index in [1.165, 1.54) is 12.8 Å². The fourth-order valence-electron chi connectivity index (χ4n) is 2.37. The van der Waals surface area contributed by atoms with E-state index in [1.54, 1.807) is 7.11 Å². The summed E-state index contributed by atoms with van der Waals surface area (Å²) in [5.41, 5.74) is 0.909. The van der Waals surface area contributed by atoms with Gasteiger partial charge in [-0.05, 0) is 18.8 Å². The number of fused-ring (bicyclic) bond motifs is 1. The van der Waals surface area contributed by atoms with Crippen LogP contribution in [0.4, 0.5) is 0 Å². The van der Waals surface area contributed by atoms with Crippen molar-refractivity contribution in [2.75, 3.05) is 13.7 Å². The zero-order valence-electron chi connectivity index (χ0n) is 7.38. The van der Waals surface area contributed by atoms with E-state index in [9.17, 15) is 4.79 Å². The van der Waals surface area contributed by atoms with Crippen molar-refractivity contribution >= 4 is 5.78 Å². The lowest BCUT2D eigenvalue weighted by Crippen LogP contribution is -2.13. The minimum atomic E-state index is 0.315. The lowest BCUT2D eigenvalue weighted by atomic mass is 9.98. The van der Waals surface area contributed by atoms with Crippen LogP contribution in [-0.4, -0.2) is 19.5 Å². The Labute approximate surface area is 72.6 Å². The maximum absolute atomic E-state index is 11.6. The van der Waals surface area contributed by atoms with Crippen LogP contribution >= 0.6 is 0 Å². The van der Waals surface area contributed by atoms with E-state index in [1.807, 2.05) is 0 Å². The zero-order valence-corrected chi connectivity index (χ0v) is 7.38. The van der Waals surface area contributed by atoms with E-state index in [4.69, 9.17) is 4.74 Å². The number of allylic oxidation sites excluding steroid dienone is 1. The number of carbonyl (C=O) groups excluding carboxylic acids is 1. The van der Waals surface area contributed by atoms with Crippen molar-refractivity contribution in [3.05, 3.63) is 11.6 Å². The number of carbonyl (C=O) groups is 1. The summed E-state index contributed by atoms with van der Waals surface area (Å²) in [6.07, 6.45) is 5.64. The molecule has 0 aromatic heterocycles. The molecule has 0 heterocycles. The van der Waals surface area contributed by atoms with Crippen LogP contribution in [0.3, 0.4) is 0 Å². The Morgan fingerprint density at radius 3 is 3.08 bits per heavy atom. The van der Waals surface area contributed by atoms with Crippen molar-refractivity contribution in [3.63, 3.8) is 0 Å². The molecule has 2 rings (SSSR count). The first kappa shape index (κ1) is 7.99. The number of methoxy groups -OCH3 is 1. The molecule has 12 heavy (non-hydrogen) atoms. The van der Waals surface area contributed by atoms with Gasteiger partial charge in [0.2, 0.25) is 0 Å². The first-order chi connectivity index (χ1) is 5.83. The smallest absolute Gasteiger partial charge is 0.164 e.